The molecule has 0 saturated heterocycles. The number of benzene rings is 1. The summed E-state index contributed by atoms with van der Waals surface area (Å²) in [5, 5.41) is 23.8. The average molecular weight is 309 g/mol. The monoisotopic (exact) mass is 309 g/mol. The number of phenolic OH excluding ortho intramolecular Hbond substituents is 1. The van der Waals surface area contributed by atoms with E-state index in [0.717, 1.165) is 12.8 Å². The zero-order chi connectivity index (χ0) is 15.4. The fourth-order valence-electron chi connectivity index (χ4n) is 2.59. The number of aromatic hydroxyl groups is 1. The molecule has 1 fully saturated rings. The first-order valence-electron chi connectivity index (χ1n) is 7.00. The lowest BCUT2D eigenvalue weighted by atomic mass is 9.95. The zero-order valence-corrected chi connectivity index (χ0v) is 12.7. The van der Waals surface area contributed by atoms with Gasteiger partial charge in [-0.2, -0.15) is 0 Å². The summed E-state index contributed by atoms with van der Waals surface area (Å²) < 4.78 is 0. The maximum Gasteiger partial charge on any atom is 0.312 e. The number of hydrogen-bond donors (Lipinski definition) is 2. The molecule has 0 aromatic heterocycles. The highest BCUT2D eigenvalue weighted by atomic mass is 32.1. The van der Waals surface area contributed by atoms with Crippen molar-refractivity contribution in [1.29, 1.82) is 0 Å². The second-order valence-corrected chi connectivity index (χ2v) is 5.68. The SMILES string of the molecule is CN(C(=S)Nc1ccc(O)c([N+](=O)[O-])c1)C1CCCCC1. The van der Waals surface area contributed by atoms with Crippen molar-refractivity contribution in [2.24, 2.45) is 0 Å². The van der Waals surface area contributed by atoms with Crippen molar-refractivity contribution in [3.63, 3.8) is 0 Å². The third kappa shape index (κ3) is 3.81. The van der Waals surface area contributed by atoms with E-state index >= 15 is 0 Å². The summed E-state index contributed by atoms with van der Waals surface area (Å²) in [5.41, 5.74) is 0.176. The topological polar surface area (TPSA) is 78.6 Å². The Labute approximate surface area is 128 Å². The molecule has 0 heterocycles. The maximum atomic E-state index is 10.8. The lowest BCUT2D eigenvalue weighted by Crippen LogP contribution is -2.40. The second-order valence-electron chi connectivity index (χ2n) is 5.29. The zero-order valence-electron chi connectivity index (χ0n) is 11.9. The van der Waals surface area contributed by atoms with Gasteiger partial charge in [-0.1, -0.05) is 19.3 Å². The number of nitro benzene ring substituents is 1. The van der Waals surface area contributed by atoms with E-state index in [4.69, 9.17) is 12.2 Å². The van der Waals surface area contributed by atoms with E-state index in [1.165, 1.54) is 31.4 Å². The molecule has 6 nitrogen and oxygen atoms in total. The Morgan fingerprint density at radius 1 is 1.43 bits per heavy atom. The number of phenols is 1. The number of rotatable bonds is 3. The predicted molar refractivity (Wildman–Crippen MR) is 85.6 cm³/mol. The van der Waals surface area contributed by atoms with Crippen molar-refractivity contribution in [3.8, 4) is 5.75 Å². The van der Waals surface area contributed by atoms with E-state index in [2.05, 4.69) is 5.32 Å². The summed E-state index contributed by atoms with van der Waals surface area (Å²) in [6, 6.07) is 4.58. The normalized spacial score (nSPS) is 15.5. The van der Waals surface area contributed by atoms with Crippen LogP contribution in [0.5, 0.6) is 5.75 Å². The van der Waals surface area contributed by atoms with Gasteiger partial charge in [0.05, 0.1) is 4.92 Å². The lowest BCUT2D eigenvalue weighted by Gasteiger charge is -2.33. The van der Waals surface area contributed by atoms with Crippen molar-refractivity contribution in [2.45, 2.75) is 38.1 Å². The minimum Gasteiger partial charge on any atom is -0.502 e. The summed E-state index contributed by atoms with van der Waals surface area (Å²) in [7, 11) is 1.94. The molecule has 114 valence electrons. The van der Waals surface area contributed by atoms with Crippen LogP contribution in [-0.4, -0.2) is 33.1 Å². The van der Waals surface area contributed by atoms with Crippen LogP contribution in [0.4, 0.5) is 11.4 Å². The van der Waals surface area contributed by atoms with Crippen molar-refractivity contribution >= 4 is 28.7 Å². The van der Waals surface area contributed by atoms with Crippen LogP contribution >= 0.6 is 12.2 Å². The summed E-state index contributed by atoms with van der Waals surface area (Å²) in [6.07, 6.45) is 5.93. The Bertz CT molecular complexity index is 544. The highest BCUT2D eigenvalue weighted by Crippen LogP contribution is 2.29. The molecular weight excluding hydrogens is 290 g/mol. The molecule has 1 aliphatic carbocycles. The van der Waals surface area contributed by atoms with Gasteiger partial charge in [0, 0.05) is 24.8 Å². The molecule has 7 heteroatoms. The highest BCUT2D eigenvalue weighted by molar-refractivity contribution is 7.80. The van der Waals surface area contributed by atoms with Gasteiger partial charge in [0.1, 0.15) is 0 Å². The van der Waals surface area contributed by atoms with E-state index in [9.17, 15) is 15.2 Å². The van der Waals surface area contributed by atoms with Crippen LogP contribution < -0.4 is 5.32 Å². The average Bonchev–Trinajstić information content (AvgIpc) is 2.49. The standard InChI is InChI=1S/C14H19N3O3S/c1-16(11-5-3-2-4-6-11)14(21)15-10-7-8-13(18)12(9-10)17(19)20/h7-9,11,18H,2-6H2,1H3,(H,15,21). The molecule has 2 N–H and O–H groups in total. The van der Waals surface area contributed by atoms with Gasteiger partial charge in [0.15, 0.2) is 10.9 Å². The number of thiocarbonyl (C=S) groups is 1. The molecule has 1 saturated carbocycles. The molecule has 1 aromatic rings. The molecule has 0 unspecified atom stereocenters. The molecule has 21 heavy (non-hydrogen) atoms. The van der Waals surface area contributed by atoms with Crippen LogP contribution in [0.25, 0.3) is 0 Å². The highest BCUT2D eigenvalue weighted by Gasteiger charge is 2.20. The van der Waals surface area contributed by atoms with E-state index in [-0.39, 0.29) is 11.4 Å². The van der Waals surface area contributed by atoms with Crippen molar-refractivity contribution in [3.05, 3.63) is 28.3 Å². The molecule has 2 rings (SSSR count). The van der Waals surface area contributed by atoms with E-state index in [0.29, 0.717) is 16.8 Å². The Hall–Kier alpha value is -1.89. The molecule has 0 aliphatic heterocycles. The summed E-state index contributed by atoms with van der Waals surface area (Å²) >= 11 is 5.36. The van der Waals surface area contributed by atoms with Gasteiger partial charge in [-0.3, -0.25) is 10.1 Å². The van der Waals surface area contributed by atoms with Gasteiger partial charge in [-0.15, -0.1) is 0 Å². The quantitative estimate of drug-likeness (QED) is 0.386. The second kappa shape index (κ2) is 6.71. The van der Waals surface area contributed by atoms with E-state index < -0.39 is 4.92 Å². The fourth-order valence-corrected chi connectivity index (χ4v) is 2.86. The molecule has 1 aromatic carbocycles. The van der Waals surface area contributed by atoms with Gasteiger partial charge < -0.3 is 15.3 Å². The fraction of sp³-hybridized carbons (Fsp3) is 0.500. The van der Waals surface area contributed by atoms with E-state index in [1.807, 2.05) is 11.9 Å². The minimum atomic E-state index is -0.617. The first-order chi connectivity index (χ1) is 9.99. The number of nitro groups is 1. The molecular formula is C14H19N3O3S. The van der Waals surface area contributed by atoms with Crippen LogP contribution in [0, 0.1) is 10.1 Å². The van der Waals surface area contributed by atoms with Crippen LogP contribution in [0.15, 0.2) is 18.2 Å². The van der Waals surface area contributed by atoms with Crippen molar-refractivity contribution in [2.75, 3.05) is 12.4 Å². The van der Waals surface area contributed by atoms with Crippen molar-refractivity contribution < 1.29 is 10.0 Å². The molecule has 0 atom stereocenters. The lowest BCUT2D eigenvalue weighted by molar-refractivity contribution is -0.385. The first kappa shape index (κ1) is 15.5. The molecule has 0 spiro atoms. The summed E-state index contributed by atoms with van der Waals surface area (Å²) in [4.78, 5) is 12.2. The van der Waals surface area contributed by atoms with Crippen LogP contribution in [0.2, 0.25) is 0 Å². The first-order valence-corrected chi connectivity index (χ1v) is 7.41. The molecule has 0 amide bonds. The van der Waals surface area contributed by atoms with Gasteiger partial charge in [0.2, 0.25) is 0 Å². The smallest absolute Gasteiger partial charge is 0.312 e. The Morgan fingerprint density at radius 3 is 2.71 bits per heavy atom. The van der Waals surface area contributed by atoms with Gasteiger partial charge >= 0.3 is 5.69 Å². The predicted octanol–water partition coefficient (Wildman–Crippen LogP) is 3.26. The van der Waals surface area contributed by atoms with Gasteiger partial charge in [0.25, 0.3) is 0 Å². The van der Waals surface area contributed by atoms with Crippen molar-refractivity contribution in [1.82, 2.24) is 4.90 Å². The summed E-state index contributed by atoms with van der Waals surface area (Å²) in [5.74, 6) is -0.350. The molecule has 0 bridgehead atoms. The van der Waals surface area contributed by atoms with Gasteiger partial charge in [-0.25, -0.2) is 0 Å². The molecule has 1 aliphatic rings. The number of anilines is 1. The molecule has 0 radical (unpaired) electrons. The van der Waals surface area contributed by atoms with Crippen LogP contribution in [0.1, 0.15) is 32.1 Å². The van der Waals surface area contributed by atoms with Crippen LogP contribution in [0.3, 0.4) is 0 Å². The third-order valence-corrected chi connectivity index (χ3v) is 4.26. The largest absolute Gasteiger partial charge is 0.502 e. The third-order valence-electron chi connectivity index (χ3n) is 3.87. The maximum absolute atomic E-state index is 10.8. The Morgan fingerprint density at radius 2 is 2.10 bits per heavy atom. The number of nitrogens with zero attached hydrogens (tertiary/aromatic N) is 2. The number of nitrogens with one attached hydrogen (secondary N) is 1. The Kier molecular flexibility index (Phi) is 4.95. The Balaban J connectivity index is 2.05. The number of hydrogen-bond acceptors (Lipinski definition) is 4. The van der Waals surface area contributed by atoms with Crippen LogP contribution in [-0.2, 0) is 0 Å². The minimum absolute atomic E-state index is 0.330. The van der Waals surface area contributed by atoms with E-state index in [1.54, 1.807) is 6.07 Å². The summed E-state index contributed by atoms with van der Waals surface area (Å²) in [6.45, 7) is 0. The van der Waals surface area contributed by atoms with Gasteiger partial charge in [-0.05, 0) is 37.2 Å².